The number of nitrogens with one attached hydrogen (secondary N) is 1. The molecule has 3 amide bonds. The number of hydrogen-bond donors (Lipinski definition) is 1. The highest BCUT2D eigenvalue weighted by Crippen LogP contribution is 2.34. The van der Waals surface area contributed by atoms with Crippen LogP contribution in [0.4, 0.5) is 25.8 Å². The minimum atomic E-state index is -0.862. The number of amides is 3. The minimum absolute atomic E-state index is 0.193. The molecule has 10 heteroatoms. The first-order valence-corrected chi connectivity index (χ1v) is 12.3. The smallest absolute Gasteiger partial charge is 0.424 e. The molecule has 202 valence electrons. The lowest BCUT2D eigenvalue weighted by Crippen LogP contribution is -2.52. The number of hydrogen-bond acceptors (Lipinski definition) is 8. The summed E-state index contributed by atoms with van der Waals surface area (Å²) in [5, 5.41) is 2.95. The number of nitrogens with zero attached hydrogens (tertiary/aromatic N) is 3. The molecule has 0 spiro atoms. The van der Waals surface area contributed by atoms with Crippen molar-refractivity contribution >= 4 is 29.7 Å². The van der Waals surface area contributed by atoms with Crippen LogP contribution in [-0.4, -0.2) is 59.2 Å². The van der Waals surface area contributed by atoms with E-state index >= 15 is 0 Å². The van der Waals surface area contributed by atoms with Crippen molar-refractivity contribution in [1.82, 2.24) is 10.3 Å². The lowest BCUT2D eigenvalue weighted by molar-refractivity contribution is 0.0427. The Balaban J connectivity index is 2.41. The van der Waals surface area contributed by atoms with Gasteiger partial charge in [-0.25, -0.2) is 14.4 Å². The topological polar surface area (TPSA) is 110 Å². The molecule has 0 radical (unpaired) electrons. The third-order valence-corrected chi connectivity index (χ3v) is 4.89. The van der Waals surface area contributed by atoms with Crippen LogP contribution < -0.4 is 15.1 Å². The van der Waals surface area contributed by atoms with Gasteiger partial charge in [0, 0.05) is 25.3 Å². The zero-order valence-electron chi connectivity index (χ0n) is 23.3. The van der Waals surface area contributed by atoms with Crippen LogP contribution in [0.15, 0.2) is 18.5 Å². The van der Waals surface area contributed by atoms with Crippen LogP contribution in [0.25, 0.3) is 0 Å². The monoisotopic (exact) mass is 506 g/mol. The standard InChI is InChI=1S/C26H42N4O6/c1-17-13-18(28-21(31)34-24(2,3)4)16-29(15-17)19-11-12-27-14-20(19)30(22(32)35-25(5,6)7)23(33)36-26(8,9)10/h11-12,14,17-18H,13,15-16H2,1-10H3,(H,28,31)/t17-,18?/m1/s1. The molecule has 2 atom stereocenters. The van der Waals surface area contributed by atoms with E-state index in [1.165, 1.54) is 6.20 Å². The van der Waals surface area contributed by atoms with E-state index in [0.29, 0.717) is 18.8 Å². The number of aromatic nitrogens is 1. The summed E-state index contributed by atoms with van der Waals surface area (Å²) in [5.74, 6) is 0.219. The van der Waals surface area contributed by atoms with E-state index < -0.39 is 35.1 Å². The van der Waals surface area contributed by atoms with Gasteiger partial charge in [-0.1, -0.05) is 6.92 Å². The first-order valence-electron chi connectivity index (χ1n) is 12.3. The fraction of sp³-hybridized carbons (Fsp3) is 0.692. The Bertz CT molecular complexity index is 917. The Morgan fingerprint density at radius 3 is 1.94 bits per heavy atom. The fourth-order valence-corrected chi connectivity index (χ4v) is 3.83. The second-order valence-electron chi connectivity index (χ2n) is 12.2. The van der Waals surface area contributed by atoms with Gasteiger partial charge in [0.15, 0.2) is 0 Å². The molecule has 1 fully saturated rings. The first-order chi connectivity index (χ1) is 16.3. The van der Waals surface area contributed by atoms with Crippen LogP contribution >= 0.6 is 0 Å². The molecule has 1 aromatic rings. The van der Waals surface area contributed by atoms with E-state index in [9.17, 15) is 14.4 Å². The molecule has 1 aliphatic rings. The van der Waals surface area contributed by atoms with E-state index in [1.54, 1.807) is 53.8 Å². The Hall–Kier alpha value is -3.04. The minimum Gasteiger partial charge on any atom is -0.444 e. The SMILES string of the molecule is C[C@@H]1CC(NC(=O)OC(C)(C)C)CN(c2ccncc2N(C(=O)OC(C)(C)C)C(=O)OC(C)(C)C)C1. The number of imide groups is 1. The van der Waals surface area contributed by atoms with Crippen LogP contribution in [0.2, 0.25) is 0 Å². The van der Waals surface area contributed by atoms with Gasteiger partial charge in [-0.2, -0.15) is 4.90 Å². The van der Waals surface area contributed by atoms with Crippen molar-refractivity contribution in [2.45, 2.75) is 98.5 Å². The Morgan fingerprint density at radius 1 is 0.917 bits per heavy atom. The molecular formula is C26H42N4O6. The van der Waals surface area contributed by atoms with Crippen molar-refractivity contribution in [3.05, 3.63) is 18.5 Å². The van der Waals surface area contributed by atoms with E-state index in [4.69, 9.17) is 14.2 Å². The molecule has 36 heavy (non-hydrogen) atoms. The zero-order valence-corrected chi connectivity index (χ0v) is 23.3. The first kappa shape index (κ1) is 29.2. The van der Waals surface area contributed by atoms with E-state index in [-0.39, 0.29) is 17.6 Å². The van der Waals surface area contributed by atoms with Crippen molar-refractivity contribution in [3.8, 4) is 0 Å². The van der Waals surface area contributed by atoms with Gasteiger partial charge in [0.25, 0.3) is 0 Å². The summed E-state index contributed by atoms with van der Waals surface area (Å²) in [6, 6.07) is 1.54. The number of carbonyl (C=O) groups excluding carboxylic acids is 3. The summed E-state index contributed by atoms with van der Waals surface area (Å²) >= 11 is 0. The van der Waals surface area contributed by atoms with Crippen LogP contribution in [0.1, 0.15) is 75.7 Å². The van der Waals surface area contributed by atoms with Gasteiger partial charge in [-0.3, -0.25) is 4.98 Å². The average Bonchev–Trinajstić information content (AvgIpc) is 2.63. The average molecular weight is 507 g/mol. The molecule has 0 aromatic carbocycles. The maximum Gasteiger partial charge on any atom is 0.424 e. The Morgan fingerprint density at radius 2 is 1.44 bits per heavy atom. The number of rotatable bonds is 3. The maximum atomic E-state index is 13.2. The lowest BCUT2D eigenvalue weighted by atomic mass is 9.95. The second kappa shape index (κ2) is 10.9. The van der Waals surface area contributed by atoms with E-state index in [0.717, 1.165) is 11.3 Å². The summed E-state index contributed by atoms with van der Waals surface area (Å²) in [5.41, 5.74) is -1.43. The zero-order chi connectivity index (χ0) is 27.5. The van der Waals surface area contributed by atoms with Gasteiger partial charge in [0.2, 0.25) is 0 Å². The van der Waals surface area contributed by atoms with Gasteiger partial charge in [0.1, 0.15) is 22.5 Å². The Kier molecular flexibility index (Phi) is 8.86. The summed E-state index contributed by atoms with van der Waals surface area (Å²) in [6.07, 6.45) is 1.59. The molecule has 0 bridgehead atoms. The number of piperidine rings is 1. The van der Waals surface area contributed by atoms with Crippen LogP contribution in [0, 0.1) is 5.92 Å². The van der Waals surface area contributed by atoms with Crippen LogP contribution in [-0.2, 0) is 14.2 Å². The second-order valence-corrected chi connectivity index (χ2v) is 12.2. The normalized spacial score (nSPS) is 18.8. The Labute approximate surface area is 214 Å². The summed E-state index contributed by atoms with van der Waals surface area (Å²) in [4.78, 5) is 45.9. The van der Waals surface area contributed by atoms with Gasteiger partial charge >= 0.3 is 18.3 Å². The van der Waals surface area contributed by atoms with Crippen molar-refractivity contribution < 1.29 is 28.6 Å². The highest BCUT2D eigenvalue weighted by molar-refractivity contribution is 6.11. The van der Waals surface area contributed by atoms with Crippen molar-refractivity contribution in [2.75, 3.05) is 22.9 Å². The van der Waals surface area contributed by atoms with Gasteiger partial charge in [0.05, 0.1) is 11.9 Å². The number of ether oxygens (including phenoxy) is 3. The molecular weight excluding hydrogens is 464 g/mol. The molecule has 1 saturated heterocycles. The molecule has 0 saturated carbocycles. The molecule has 0 aliphatic carbocycles. The third-order valence-electron chi connectivity index (χ3n) is 4.89. The number of pyridine rings is 1. The largest absolute Gasteiger partial charge is 0.444 e. The molecule has 10 nitrogen and oxygen atoms in total. The molecule has 1 aromatic heterocycles. The number of alkyl carbamates (subject to hydrolysis) is 1. The van der Waals surface area contributed by atoms with E-state index in [1.807, 2.05) is 25.7 Å². The quantitative estimate of drug-likeness (QED) is 0.535. The van der Waals surface area contributed by atoms with Gasteiger partial charge < -0.3 is 24.4 Å². The number of anilines is 2. The van der Waals surface area contributed by atoms with Gasteiger partial charge in [-0.15, -0.1) is 0 Å². The fourth-order valence-electron chi connectivity index (χ4n) is 3.83. The van der Waals surface area contributed by atoms with Crippen molar-refractivity contribution in [1.29, 1.82) is 0 Å². The third kappa shape index (κ3) is 9.20. The molecule has 1 N–H and O–H groups in total. The molecule has 2 rings (SSSR count). The highest BCUT2D eigenvalue weighted by atomic mass is 16.6. The molecule has 2 heterocycles. The maximum absolute atomic E-state index is 13.2. The van der Waals surface area contributed by atoms with Crippen molar-refractivity contribution in [3.63, 3.8) is 0 Å². The highest BCUT2D eigenvalue weighted by Gasteiger charge is 2.36. The van der Waals surface area contributed by atoms with Gasteiger partial charge in [-0.05, 0) is 80.7 Å². The lowest BCUT2D eigenvalue weighted by Gasteiger charge is -2.39. The summed E-state index contributed by atoms with van der Waals surface area (Å²) in [7, 11) is 0. The van der Waals surface area contributed by atoms with Crippen molar-refractivity contribution in [2.24, 2.45) is 5.92 Å². The van der Waals surface area contributed by atoms with Crippen LogP contribution in [0.5, 0.6) is 0 Å². The molecule has 1 unspecified atom stereocenters. The van der Waals surface area contributed by atoms with Crippen LogP contribution in [0.3, 0.4) is 0 Å². The number of carbonyl (C=O) groups is 3. The van der Waals surface area contributed by atoms with E-state index in [2.05, 4.69) is 17.2 Å². The summed E-state index contributed by atoms with van der Waals surface area (Å²) < 4.78 is 16.5. The summed E-state index contributed by atoms with van der Waals surface area (Å²) in [6.45, 7) is 19.0. The molecule has 1 aliphatic heterocycles. The predicted octanol–water partition coefficient (Wildman–Crippen LogP) is 5.50. The predicted molar refractivity (Wildman–Crippen MR) is 138 cm³/mol.